The second-order valence-electron chi connectivity index (χ2n) is 3.03. The fourth-order valence-electron chi connectivity index (χ4n) is 1.23. The van der Waals surface area contributed by atoms with E-state index in [0.717, 1.165) is 5.01 Å². The summed E-state index contributed by atoms with van der Waals surface area (Å²) in [6.07, 6.45) is -1.73. The first-order valence-corrected chi connectivity index (χ1v) is 4.27. The summed E-state index contributed by atoms with van der Waals surface area (Å²) in [5.41, 5.74) is 2.24. The second-order valence-corrected chi connectivity index (χ2v) is 3.03. The van der Waals surface area contributed by atoms with Gasteiger partial charge < -0.3 is 9.47 Å². The number of methoxy groups -OCH3 is 1. The van der Waals surface area contributed by atoms with Gasteiger partial charge in [0.25, 0.3) is 5.91 Å². The number of nitrogens with zero attached hydrogens (tertiary/aromatic N) is 1. The van der Waals surface area contributed by atoms with Crippen molar-refractivity contribution in [1.29, 1.82) is 0 Å². The molecule has 0 saturated carbocycles. The molecule has 0 spiro atoms. The Hall–Kier alpha value is -1.63. The molecular formula is C8H12N2O5. The molecule has 1 fully saturated rings. The Kier molecular flexibility index (Phi) is 3.25. The Morgan fingerprint density at radius 3 is 2.40 bits per heavy atom. The minimum Gasteiger partial charge on any atom is -0.436 e. The minimum atomic E-state index is -0.885. The Bertz CT molecular complexity index is 303. The molecule has 1 N–H and O–H groups in total. The van der Waals surface area contributed by atoms with Gasteiger partial charge in [-0.25, -0.2) is 5.01 Å². The molecule has 84 valence electrons. The lowest BCUT2D eigenvalue weighted by atomic mass is 10.1. The van der Waals surface area contributed by atoms with Crippen molar-refractivity contribution in [3.05, 3.63) is 0 Å². The predicted octanol–water partition coefficient (Wildman–Crippen LogP) is -1.22. The van der Waals surface area contributed by atoms with Gasteiger partial charge in [-0.2, -0.15) is 0 Å². The van der Waals surface area contributed by atoms with Crippen LogP contribution >= 0.6 is 0 Å². The zero-order chi connectivity index (χ0) is 11.6. The Labute approximate surface area is 86.3 Å². The number of hydrogen-bond acceptors (Lipinski definition) is 5. The number of β-lactam (4-membered cyclic amide) rings is 1. The molecule has 1 aliphatic rings. The fourth-order valence-corrected chi connectivity index (χ4v) is 1.23. The summed E-state index contributed by atoms with van der Waals surface area (Å²) in [4.78, 5) is 32.8. The molecule has 2 atom stereocenters. The number of esters is 1. The number of hydrogen-bond donors (Lipinski definition) is 1. The van der Waals surface area contributed by atoms with E-state index in [9.17, 15) is 14.4 Å². The standard InChI is InChI=1S/C8H12N2O5/c1-4(11)9-10-7(13)6(14-3)8(10)15-5(2)12/h6,8H,1-3H3,(H,9,11). The highest BCUT2D eigenvalue weighted by molar-refractivity contribution is 5.90. The molecule has 7 heteroatoms. The molecule has 1 heterocycles. The van der Waals surface area contributed by atoms with E-state index in [1.165, 1.54) is 21.0 Å². The van der Waals surface area contributed by atoms with Crippen LogP contribution in [0.4, 0.5) is 0 Å². The molecule has 1 saturated heterocycles. The summed E-state index contributed by atoms with van der Waals surface area (Å²) in [7, 11) is 1.32. The summed E-state index contributed by atoms with van der Waals surface area (Å²) in [6.45, 7) is 2.46. The first-order chi connectivity index (χ1) is 6.97. The van der Waals surface area contributed by atoms with Gasteiger partial charge in [0.1, 0.15) is 0 Å². The maximum atomic E-state index is 11.3. The van der Waals surface area contributed by atoms with Crippen molar-refractivity contribution in [1.82, 2.24) is 10.4 Å². The molecule has 0 aromatic heterocycles. The Morgan fingerprint density at radius 1 is 1.40 bits per heavy atom. The van der Waals surface area contributed by atoms with E-state index in [1.54, 1.807) is 0 Å². The molecule has 2 amide bonds. The molecular weight excluding hydrogens is 204 g/mol. The first-order valence-electron chi connectivity index (χ1n) is 4.27. The van der Waals surface area contributed by atoms with Crippen molar-refractivity contribution in [2.75, 3.05) is 7.11 Å². The van der Waals surface area contributed by atoms with Crippen LogP contribution in [0.25, 0.3) is 0 Å². The predicted molar refractivity (Wildman–Crippen MR) is 47.0 cm³/mol. The van der Waals surface area contributed by atoms with Crippen molar-refractivity contribution in [2.24, 2.45) is 0 Å². The molecule has 7 nitrogen and oxygen atoms in total. The lowest BCUT2D eigenvalue weighted by Crippen LogP contribution is -2.71. The van der Waals surface area contributed by atoms with Crippen molar-refractivity contribution < 1.29 is 23.9 Å². The molecule has 2 unspecified atom stereocenters. The van der Waals surface area contributed by atoms with Crippen molar-refractivity contribution >= 4 is 17.8 Å². The zero-order valence-corrected chi connectivity index (χ0v) is 8.64. The van der Waals surface area contributed by atoms with Gasteiger partial charge in [-0.1, -0.05) is 0 Å². The van der Waals surface area contributed by atoms with E-state index in [-0.39, 0.29) is 0 Å². The number of ether oxygens (including phenoxy) is 2. The number of nitrogens with one attached hydrogen (secondary N) is 1. The average molecular weight is 216 g/mol. The van der Waals surface area contributed by atoms with Crippen molar-refractivity contribution in [3.8, 4) is 0 Å². The van der Waals surface area contributed by atoms with Crippen LogP contribution in [0.15, 0.2) is 0 Å². The van der Waals surface area contributed by atoms with E-state index >= 15 is 0 Å². The van der Waals surface area contributed by atoms with Crippen molar-refractivity contribution in [2.45, 2.75) is 26.2 Å². The van der Waals surface area contributed by atoms with E-state index in [2.05, 4.69) is 5.43 Å². The summed E-state index contributed by atoms with van der Waals surface area (Å²) >= 11 is 0. The molecule has 0 aromatic carbocycles. The third-order valence-corrected chi connectivity index (χ3v) is 1.81. The molecule has 0 radical (unpaired) electrons. The number of carbonyl (C=O) groups excluding carboxylic acids is 3. The third kappa shape index (κ3) is 2.24. The Balaban J connectivity index is 2.65. The number of carbonyl (C=O) groups is 3. The SMILES string of the molecule is COC1C(=O)N(NC(C)=O)C1OC(C)=O. The topological polar surface area (TPSA) is 84.9 Å². The van der Waals surface area contributed by atoms with Crippen LogP contribution in [0.2, 0.25) is 0 Å². The number of hydrazine groups is 1. The smallest absolute Gasteiger partial charge is 0.304 e. The van der Waals surface area contributed by atoms with E-state index in [0.29, 0.717) is 0 Å². The first kappa shape index (κ1) is 11.4. The molecule has 15 heavy (non-hydrogen) atoms. The molecule has 1 aliphatic heterocycles. The summed E-state index contributed by atoms with van der Waals surface area (Å²) in [5.74, 6) is -1.42. The van der Waals surface area contributed by atoms with Crippen molar-refractivity contribution in [3.63, 3.8) is 0 Å². The van der Waals surface area contributed by atoms with Crippen LogP contribution < -0.4 is 5.43 Å². The van der Waals surface area contributed by atoms with Crippen LogP contribution in [0.1, 0.15) is 13.8 Å². The highest BCUT2D eigenvalue weighted by atomic mass is 16.6. The lowest BCUT2D eigenvalue weighted by molar-refractivity contribution is -0.223. The highest BCUT2D eigenvalue weighted by Crippen LogP contribution is 2.21. The van der Waals surface area contributed by atoms with E-state index < -0.39 is 30.1 Å². The van der Waals surface area contributed by atoms with Gasteiger partial charge in [0.2, 0.25) is 12.1 Å². The fraction of sp³-hybridized carbons (Fsp3) is 0.625. The lowest BCUT2D eigenvalue weighted by Gasteiger charge is -2.43. The van der Waals surface area contributed by atoms with Gasteiger partial charge in [0, 0.05) is 21.0 Å². The van der Waals surface area contributed by atoms with E-state index in [4.69, 9.17) is 9.47 Å². The van der Waals surface area contributed by atoms with Crippen LogP contribution in [-0.2, 0) is 23.9 Å². The summed E-state index contributed by atoms with van der Waals surface area (Å²) < 4.78 is 9.60. The highest BCUT2D eigenvalue weighted by Gasteiger charge is 2.51. The van der Waals surface area contributed by atoms with Gasteiger partial charge in [-0.05, 0) is 0 Å². The monoisotopic (exact) mass is 216 g/mol. The Morgan fingerprint density at radius 2 is 2.00 bits per heavy atom. The molecule has 0 bridgehead atoms. The largest absolute Gasteiger partial charge is 0.436 e. The average Bonchev–Trinajstić information content (AvgIpc) is 2.13. The van der Waals surface area contributed by atoms with Crippen LogP contribution in [-0.4, -0.2) is 42.2 Å². The maximum absolute atomic E-state index is 11.3. The zero-order valence-electron chi connectivity index (χ0n) is 8.64. The van der Waals surface area contributed by atoms with Crippen LogP contribution in [0.5, 0.6) is 0 Å². The summed E-state index contributed by atoms with van der Waals surface area (Å²) in [5, 5.41) is 0.928. The van der Waals surface area contributed by atoms with Gasteiger partial charge in [0.15, 0.2) is 6.10 Å². The maximum Gasteiger partial charge on any atom is 0.304 e. The van der Waals surface area contributed by atoms with E-state index in [1.807, 2.05) is 0 Å². The van der Waals surface area contributed by atoms with Crippen LogP contribution in [0.3, 0.4) is 0 Å². The molecule has 0 aromatic rings. The minimum absolute atomic E-state index is 0.421. The normalized spacial score (nSPS) is 24.5. The number of amides is 2. The van der Waals surface area contributed by atoms with Gasteiger partial charge in [0.05, 0.1) is 0 Å². The van der Waals surface area contributed by atoms with Crippen LogP contribution in [0, 0.1) is 0 Å². The van der Waals surface area contributed by atoms with Gasteiger partial charge in [-0.3, -0.25) is 19.8 Å². The quantitative estimate of drug-likeness (QED) is 0.472. The van der Waals surface area contributed by atoms with Gasteiger partial charge in [-0.15, -0.1) is 0 Å². The third-order valence-electron chi connectivity index (χ3n) is 1.81. The molecule has 0 aliphatic carbocycles. The van der Waals surface area contributed by atoms with Gasteiger partial charge >= 0.3 is 5.97 Å². The second kappa shape index (κ2) is 4.26. The molecule has 1 rings (SSSR count). The summed E-state index contributed by atoms with van der Waals surface area (Å²) in [6, 6.07) is 0. The number of rotatable bonds is 3.